The first-order chi connectivity index (χ1) is 7.04. The number of hydrogen-bond donors (Lipinski definition) is 0. The fourth-order valence-corrected chi connectivity index (χ4v) is 2.76. The lowest BCUT2D eigenvalue weighted by molar-refractivity contribution is 0.0968. The molecule has 2 rings (SSSR count). The molecule has 3 nitrogen and oxygen atoms in total. The molecule has 0 unspecified atom stereocenters. The second kappa shape index (κ2) is 3.42. The van der Waals surface area contributed by atoms with Crippen molar-refractivity contribution in [1.29, 1.82) is 5.26 Å². The maximum atomic E-state index is 11.6. The number of nitriles is 1. The zero-order chi connectivity index (χ0) is 11.1. The smallest absolute Gasteiger partial charge is 0.182 e. The van der Waals surface area contributed by atoms with E-state index >= 15 is 0 Å². The molecule has 1 aliphatic carbocycles. The van der Waals surface area contributed by atoms with E-state index in [1.54, 1.807) is 0 Å². The van der Waals surface area contributed by atoms with Gasteiger partial charge in [-0.25, -0.2) is 4.98 Å². The van der Waals surface area contributed by atoms with Crippen LogP contribution in [0.15, 0.2) is 0 Å². The zero-order valence-corrected chi connectivity index (χ0v) is 9.65. The number of hydrogen-bond acceptors (Lipinski definition) is 4. The lowest BCUT2D eigenvalue weighted by Gasteiger charge is -2.09. The highest BCUT2D eigenvalue weighted by atomic mass is 32.1. The van der Waals surface area contributed by atoms with Crippen LogP contribution in [0.1, 0.15) is 47.1 Å². The summed E-state index contributed by atoms with van der Waals surface area (Å²) >= 11 is 1.52. The van der Waals surface area contributed by atoms with E-state index in [0.717, 1.165) is 22.7 Å². The third-order valence-corrected chi connectivity index (χ3v) is 4.02. The molecule has 0 saturated heterocycles. The summed E-state index contributed by atoms with van der Waals surface area (Å²) in [4.78, 5) is 17.0. The fourth-order valence-electron chi connectivity index (χ4n) is 1.58. The molecule has 1 aromatic heterocycles. The van der Waals surface area contributed by atoms with Gasteiger partial charge in [-0.3, -0.25) is 4.79 Å². The Balaban J connectivity index is 2.47. The third-order valence-electron chi connectivity index (χ3n) is 2.58. The van der Waals surface area contributed by atoms with Crippen molar-refractivity contribution in [3.8, 4) is 6.07 Å². The van der Waals surface area contributed by atoms with Crippen LogP contribution in [0.25, 0.3) is 0 Å². The summed E-state index contributed by atoms with van der Waals surface area (Å²) in [6.07, 6.45) is 2.45. The maximum absolute atomic E-state index is 11.6. The summed E-state index contributed by atoms with van der Waals surface area (Å²) in [7, 11) is 0. The van der Waals surface area contributed by atoms with Crippen LogP contribution in [-0.2, 0) is 11.8 Å². The molecule has 0 N–H and O–H groups in total. The van der Waals surface area contributed by atoms with Crippen LogP contribution in [0.5, 0.6) is 0 Å². The summed E-state index contributed by atoms with van der Waals surface area (Å²) < 4.78 is 0. The van der Waals surface area contributed by atoms with Crippen LogP contribution < -0.4 is 0 Å². The van der Waals surface area contributed by atoms with E-state index in [-0.39, 0.29) is 5.78 Å². The maximum Gasteiger partial charge on any atom is 0.182 e. The molecule has 1 heterocycles. The standard InChI is InChI=1S/C11H12N2OS/c1-11(2,6-12)10-13-9-7(14)4-3-5-8(9)15-10/h3-5H2,1-2H3. The highest BCUT2D eigenvalue weighted by Crippen LogP contribution is 2.33. The van der Waals surface area contributed by atoms with Crippen molar-refractivity contribution in [3.05, 3.63) is 15.6 Å². The van der Waals surface area contributed by atoms with Gasteiger partial charge in [0.05, 0.1) is 6.07 Å². The largest absolute Gasteiger partial charge is 0.292 e. The normalized spacial score (nSPS) is 15.9. The van der Waals surface area contributed by atoms with Crippen LogP contribution in [0.3, 0.4) is 0 Å². The average Bonchev–Trinajstić information content (AvgIpc) is 2.64. The summed E-state index contributed by atoms with van der Waals surface area (Å²) in [6.45, 7) is 3.67. The van der Waals surface area contributed by atoms with E-state index in [4.69, 9.17) is 5.26 Å². The number of carbonyl (C=O) groups excluding carboxylic acids is 1. The van der Waals surface area contributed by atoms with E-state index in [1.807, 2.05) is 13.8 Å². The first kappa shape index (κ1) is 10.3. The minimum Gasteiger partial charge on any atom is -0.292 e. The second-order valence-electron chi connectivity index (χ2n) is 4.30. The van der Waals surface area contributed by atoms with Crippen LogP contribution in [-0.4, -0.2) is 10.8 Å². The van der Waals surface area contributed by atoms with E-state index in [2.05, 4.69) is 11.1 Å². The number of Topliss-reactive ketones (excluding diaryl/α,β-unsaturated/α-hetero) is 1. The molecule has 0 spiro atoms. The molecule has 0 aromatic carbocycles. The Hall–Kier alpha value is -1.21. The quantitative estimate of drug-likeness (QED) is 0.730. The van der Waals surface area contributed by atoms with Gasteiger partial charge in [-0.2, -0.15) is 5.26 Å². The van der Waals surface area contributed by atoms with E-state index in [9.17, 15) is 4.79 Å². The predicted molar refractivity (Wildman–Crippen MR) is 58.0 cm³/mol. The monoisotopic (exact) mass is 220 g/mol. The number of aryl methyl sites for hydroxylation is 1. The molecule has 1 aliphatic rings. The Bertz CT molecular complexity index is 454. The number of carbonyl (C=O) groups is 1. The van der Waals surface area contributed by atoms with E-state index in [1.165, 1.54) is 11.3 Å². The minimum atomic E-state index is -0.581. The molecule has 0 aliphatic heterocycles. The van der Waals surface area contributed by atoms with Gasteiger partial charge >= 0.3 is 0 Å². The Kier molecular flexibility index (Phi) is 2.35. The number of aromatic nitrogens is 1. The molecule has 0 atom stereocenters. The van der Waals surface area contributed by atoms with Crippen LogP contribution in [0.4, 0.5) is 0 Å². The van der Waals surface area contributed by atoms with Gasteiger partial charge in [-0.05, 0) is 26.7 Å². The molecule has 0 saturated carbocycles. The van der Waals surface area contributed by atoms with Gasteiger partial charge < -0.3 is 0 Å². The third kappa shape index (κ3) is 1.68. The van der Waals surface area contributed by atoms with Gasteiger partial charge in [0.2, 0.25) is 0 Å². The summed E-state index contributed by atoms with van der Waals surface area (Å²) in [6, 6.07) is 2.22. The topological polar surface area (TPSA) is 53.8 Å². The van der Waals surface area contributed by atoms with Gasteiger partial charge in [0.1, 0.15) is 16.1 Å². The van der Waals surface area contributed by atoms with Crippen molar-refractivity contribution in [3.63, 3.8) is 0 Å². The molecule has 15 heavy (non-hydrogen) atoms. The predicted octanol–water partition coefficient (Wildman–Crippen LogP) is 2.46. The van der Waals surface area contributed by atoms with Gasteiger partial charge in [0, 0.05) is 11.3 Å². The van der Waals surface area contributed by atoms with Crippen molar-refractivity contribution in [2.24, 2.45) is 0 Å². The number of nitrogens with zero attached hydrogens (tertiary/aromatic N) is 2. The first-order valence-corrected chi connectivity index (χ1v) is 5.81. The highest BCUT2D eigenvalue weighted by Gasteiger charge is 2.29. The Morgan fingerprint density at radius 1 is 1.47 bits per heavy atom. The number of fused-ring (bicyclic) bond motifs is 1. The van der Waals surface area contributed by atoms with Crippen LogP contribution >= 0.6 is 11.3 Å². The number of thiazole rings is 1. The van der Waals surface area contributed by atoms with E-state index < -0.39 is 5.41 Å². The van der Waals surface area contributed by atoms with Gasteiger partial charge in [-0.15, -0.1) is 11.3 Å². The molecular formula is C11H12N2OS. The van der Waals surface area contributed by atoms with Crippen LogP contribution in [0, 0.1) is 11.3 Å². The molecular weight excluding hydrogens is 208 g/mol. The second-order valence-corrected chi connectivity index (χ2v) is 5.39. The molecule has 0 radical (unpaired) electrons. The fraction of sp³-hybridized carbons (Fsp3) is 0.545. The van der Waals surface area contributed by atoms with Crippen LogP contribution in [0.2, 0.25) is 0 Å². The van der Waals surface area contributed by atoms with Crippen molar-refractivity contribution in [2.45, 2.75) is 38.5 Å². The summed E-state index contributed by atoms with van der Waals surface area (Å²) in [5.41, 5.74) is 0.0343. The van der Waals surface area contributed by atoms with Crippen molar-refractivity contribution in [1.82, 2.24) is 4.98 Å². The average molecular weight is 220 g/mol. The van der Waals surface area contributed by atoms with Crippen molar-refractivity contribution in [2.75, 3.05) is 0 Å². The molecule has 0 fully saturated rings. The van der Waals surface area contributed by atoms with Gasteiger partial charge in [0.15, 0.2) is 5.78 Å². The number of ketones is 1. The zero-order valence-electron chi connectivity index (χ0n) is 8.83. The lowest BCUT2D eigenvalue weighted by Crippen LogP contribution is -2.14. The SMILES string of the molecule is CC(C)(C#N)c1nc2c(s1)CCCC2=O. The molecule has 0 bridgehead atoms. The Morgan fingerprint density at radius 2 is 2.20 bits per heavy atom. The van der Waals surface area contributed by atoms with Gasteiger partial charge in [0.25, 0.3) is 0 Å². The van der Waals surface area contributed by atoms with E-state index in [0.29, 0.717) is 12.1 Å². The molecule has 78 valence electrons. The Labute approximate surface area is 92.8 Å². The molecule has 4 heteroatoms. The highest BCUT2D eigenvalue weighted by molar-refractivity contribution is 7.12. The molecule has 0 amide bonds. The molecule has 1 aromatic rings. The Morgan fingerprint density at radius 3 is 2.80 bits per heavy atom. The number of rotatable bonds is 1. The van der Waals surface area contributed by atoms with Crippen molar-refractivity contribution >= 4 is 17.1 Å². The first-order valence-electron chi connectivity index (χ1n) is 4.99. The summed E-state index contributed by atoms with van der Waals surface area (Å²) in [5, 5.41) is 9.78. The van der Waals surface area contributed by atoms with Crippen molar-refractivity contribution < 1.29 is 4.79 Å². The minimum absolute atomic E-state index is 0.132. The van der Waals surface area contributed by atoms with Gasteiger partial charge in [-0.1, -0.05) is 0 Å². The lowest BCUT2D eigenvalue weighted by atomic mass is 9.97. The summed E-state index contributed by atoms with van der Waals surface area (Å²) in [5.74, 6) is 0.132.